The number of hydrogen-bond donors (Lipinski definition) is 3. The third-order valence-corrected chi connectivity index (χ3v) is 2.70. The molecule has 1 rings (SSSR count). The highest BCUT2D eigenvalue weighted by Crippen LogP contribution is 2.13. The summed E-state index contributed by atoms with van der Waals surface area (Å²) in [6.45, 7) is 0.652. The number of rotatable bonds is 7. The van der Waals surface area contributed by atoms with Crippen LogP contribution in [0.2, 0.25) is 0 Å². The predicted molar refractivity (Wildman–Crippen MR) is 69.1 cm³/mol. The van der Waals surface area contributed by atoms with Gasteiger partial charge in [0.25, 0.3) is 0 Å². The zero-order valence-corrected chi connectivity index (χ0v) is 11.7. The van der Waals surface area contributed by atoms with Crippen molar-refractivity contribution in [2.75, 3.05) is 20.3 Å². The summed E-state index contributed by atoms with van der Waals surface area (Å²) in [5, 5.41) is 14.3. The van der Waals surface area contributed by atoms with Crippen LogP contribution in [0.25, 0.3) is 0 Å². The van der Waals surface area contributed by atoms with Gasteiger partial charge >= 0.3 is 6.03 Å². The van der Waals surface area contributed by atoms with Crippen molar-refractivity contribution in [3.05, 3.63) is 22.6 Å². The molecule has 1 aromatic heterocycles. The molecule has 0 saturated heterocycles. The average molecular weight is 321 g/mol. The van der Waals surface area contributed by atoms with Crippen molar-refractivity contribution in [1.29, 1.82) is 0 Å². The van der Waals surface area contributed by atoms with Crippen LogP contribution in [0.3, 0.4) is 0 Å². The van der Waals surface area contributed by atoms with E-state index in [0.717, 1.165) is 0 Å². The molecule has 102 valence electrons. The second kappa shape index (κ2) is 8.12. The van der Waals surface area contributed by atoms with Gasteiger partial charge in [-0.15, -0.1) is 0 Å². The van der Waals surface area contributed by atoms with E-state index in [1.54, 1.807) is 19.2 Å². The highest BCUT2D eigenvalue weighted by molar-refractivity contribution is 9.10. The van der Waals surface area contributed by atoms with Crippen LogP contribution < -0.4 is 10.6 Å². The molecular formula is C11H17BrN2O4. The van der Waals surface area contributed by atoms with Crippen molar-refractivity contribution in [3.63, 3.8) is 0 Å². The molecule has 0 saturated carbocycles. The van der Waals surface area contributed by atoms with E-state index in [9.17, 15) is 4.79 Å². The first-order valence-electron chi connectivity index (χ1n) is 5.54. The molecule has 0 aliphatic heterocycles. The molecular weight excluding hydrogens is 304 g/mol. The zero-order valence-electron chi connectivity index (χ0n) is 10.1. The van der Waals surface area contributed by atoms with Crippen LogP contribution in [0.15, 0.2) is 21.2 Å². The minimum atomic E-state index is -0.349. The first kappa shape index (κ1) is 15.0. The van der Waals surface area contributed by atoms with Crippen molar-refractivity contribution < 1.29 is 19.1 Å². The Balaban J connectivity index is 2.27. The van der Waals surface area contributed by atoms with E-state index in [1.807, 2.05) is 0 Å². The molecule has 7 heteroatoms. The molecule has 0 aliphatic rings. The van der Waals surface area contributed by atoms with E-state index in [0.29, 0.717) is 30.0 Å². The maximum Gasteiger partial charge on any atom is 0.315 e. The van der Waals surface area contributed by atoms with Gasteiger partial charge in [-0.3, -0.25) is 0 Å². The molecule has 2 amide bonds. The molecule has 18 heavy (non-hydrogen) atoms. The molecule has 0 radical (unpaired) electrons. The van der Waals surface area contributed by atoms with Crippen LogP contribution in [0.5, 0.6) is 0 Å². The minimum Gasteiger partial charge on any atom is -0.452 e. The third kappa shape index (κ3) is 5.52. The van der Waals surface area contributed by atoms with E-state index >= 15 is 0 Å². The SMILES string of the molecule is COCCC(CO)NC(=O)NCc1ccc(Br)o1. The molecule has 0 aromatic carbocycles. The molecule has 3 N–H and O–H groups in total. The normalized spacial score (nSPS) is 12.2. The van der Waals surface area contributed by atoms with Crippen LogP contribution >= 0.6 is 15.9 Å². The van der Waals surface area contributed by atoms with Crippen LogP contribution in [0.4, 0.5) is 4.79 Å². The first-order valence-corrected chi connectivity index (χ1v) is 6.33. The van der Waals surface area contributed by atoms with Crippen molar-refractivity contribution in [1.82, 2.24) is 10.6 Å². The Morgan fingerprint density at radius 1 is 1.61 bits per heavy atom. The highest BCUT2D eigenvalue weighted by Gasteiger charge is 2.11. The van der Waals surface area contributed by atoms with Gasteiger partial charge in [-0.2, -0.15) is 0 Å². The van der Waals surface area contributed by atoms with Crippen LogP contribution in [0, 0.1) is 0 Å². The van der Waals surface area contributed by atoms with E-state index in [2.05, 4.69) is 26.6 Å². The number of ether oxygens (including phenoxy) is 1. The standard InChI is InChI=1S/C11H17BrN2O4/c1-17-5-4-8(7-15)14-11(16)13-6-9-2-3-10(12)18-9/h2-3,8,15H,4-7H2,1H3,(H2,13,14,16). The van der Waals surface area contributed by atoms with Gasteiger partial charge in [-0.25, -0.2) is 4.79 Å². The van der Waals surface area contributed by atoms with E-state index in [1.165, 1.54) is 0 Å². The van der Waals surface area contributed by atoms with E-state index in [4.69, 9.17) is 14.3 Å². The Morgan fingerprint density at radius 2 is 2.39 bits per heavy atom. The Hall–Kier alpha value is -1.05. The predicted octanol–water partition coefficient (Wildman–Crippen LogP) is 1.24. The topological polar surface area (TPSA) is 83.7 Å². The van der Waals surface area contributed by atoms with Gasteiger partial charge < -0.3 is 24.9 Å². The van der Waals surface area contributed by atoms with Crippen LogP contribution in [0.1, 0.15) is 12.2 Å². The summed E-state index contributed by atoms with van der Waals surface area (Å²) in [4.78, 5) is 11.5. The number of amides is 2. The van der Waals surface area contributed by atoms with E-state index in [-0.39, 0.29) is 18.7 Å². The lowest BCUT2D eigenvalue weighted by Gasteiger charge is -2.15. The van der Waals surface area contributed by atoms with Crippen molar-refractivity contribution >= 4 is 22.0 Å². The summed E-state index contributed by atoms with van der Waals surface area (Å²) in [5.41, 5.74) is 0. The molecule has 1 unspecified atom stereocenters. The molecule has 0 spiro atoms. The van der Waals surface area contributed by atoms with E-state index < -0.39 is 0 Å². The van der Waals surface area contributed by atoms with Crippen molar-refractivity contribution in [2.24, 2.45) is 0 Å². The second-order valence-corrected chi connectivity index (χ2v) is 4.48. The molecule has 0 fully saturated rings. The fourth-order valence-corrected chi connectivity index (χ4v) is 1.66. The van der Waals surface area contributed by atoms with Crippen LogP contribution in [-0.4, -0.2) is 37.5 Å². The highest BCUT2D eigenvalue weighted by atomic mass is 79.9. The van der Waals surface area contributed by atoms with Gasteiger partial charge in [0.2, 0.25) is 0 Å². The smallest absolute Gasteiger partial charge is 0.315 e. The summed E-state index contributed by atoms with van der Waals surface area (Å²) in [7, 11) is 1.57. The number of furan rings is 1. The minimum absolute atomic E-state index is 0.122. The first-order chi connectivity index (χ1) is 8.65. The summed E-state index contributed by atoms with van der Waals surface area (Å²) in [5.74, 6) is 0.648. The maximum absolute atomic E-state index is 11.5. The van der Waals surface area contributed by atoms with Gasteiger partial charge in [-0.05, 0) is 34.5 Å². The molecule has 6 nitrogen and oxygen atoms in total. The fraction of sp³-hybridized carbons (Fsp3) is 0.545. The Labute approximate surface area is 114 Å². The summed E-state index contributed by atoms with van der Waals surface area (Å²) < 4.78 is 10.7. The monoisotopic (exact) mass is 320 g/mol. The van der Waals surface area contributed by atoms with Gasteiger partial charge in [0.15, 0.2) is 4.67 Å². The fourth-order valence-electron chi connectivity index (χ4n) is 1.32. The Bertz CT molecular complexity index is 370. The van der Waals surface area contributed by atoms with Gasteiger partial charge in [0.05, 0.1) is 19.2 Å². The summed E-state index contributed by atoms with van der Waals surface area (Å²) >= 11 is 3.18. The number of carbonyl (C=O) groups excluding carboxylic acids is 1. The average Bonchev–Trinajstić information content (AvgIpc) is 2.78. The summed E-state index contributed by atoms with van der Waals surface area (Å²) in [6, 6.07) is 2.86. The molecule has 1 atom stereocenters. The number of carbonyl (C=O) groups is 1. The Morgan fingerprint density at radius 3 is 2.94 bits per heavy atom. The number of methoxy groups -OCH3 is 1. The number of urea groups is 1. The summed E-state index contributed by atoms with van der Waals surface area (Å²) in [6.07, 6.45) is 0.562. The molecule has 1 aromatic rings. The third-order valence-electron chi connectivity index (χ3n) is 2.28. The number of hydrogen-bond acceptors (Lipinski definition) is 4. The van der Waals surface area contributed by atoms with Gasteiger partial charge in [-0.1, -0.05) is 0 Å². The molecule has 1 heterocycles. The number of nitrogens with one attached hydrogen (secondary N) is 2. The number of aliphatic hydroxyl groups is 1. The number of aliphatic hydroxyl groups excluding tert-OH is 1. The zero-order chi connectivity index (χ0) is 13.4. The lowest BCUT2D eigenvalue weighted by atomic mass is 10.2. The largest absolute Gasteiger partial charge is 0.452 e. The lowest BCUT2D eigenvalue weighted by Crippen LogP contribution is -2.44. The Kier molecular flexibility index (Phi) is 6.77. The van der Waals surface area contributed by atoms with Crippen molar-refractivity contribution in [2.45, 2.75) is 19.0 Å². The second-order valence-electron chi connectivity index (χ2n) is 3.69. The number of halogens is 1. The van der Waals surface area contributed by atoms with Gasteiger partial charge in [0.1, 0.15) is 5.76 Å². The maximum atomic E-state index is 11.5. The lowest BCUT2D eigenvalue weighted by molar-refractivity contribution is 0.159. The van der Waals surface area contributed by atoms with Crippen molar-refractivity contribution in [3.8, 4) is 0 Å². The molecule has 0 bridgehead atoms. The van der Waals surface area contributed by atoms with Gasteiger partial charge in [0, 0.05) is 13.7 Å². The quantitative estimate of drug-likeness (QED) is 0.705. The van der Waals surface area contributed by atoms with Crippen LogP contribution in [-0.2, 0) is 11.3 Å². The molecule has 0 aliphatic carbocycles.